The summed E-state index contributed by atoms with van der Waals surface area (Å²) in [5.41, 5.74) is -0.336. The quantitative estimate of drug-likeness (QED) is 0.398. The van der Waals surface area contributed by atoms with Crippen LogP contribution in [0.1, 0.15) is 46.5 Å². The van der Waals surface area contributed by atoms with Crippen molar-refractivity contribution in [3.05, 3.63) is 12.7 Å². The lowest BCUT2D eigenvalue weighted by atomic mass is 9.64. The van der Waals surface area contributed by atoms with Crippen molar-refractivity contribution in [3.8, 4) is 0 Å². The fourth-order valence-electron chi connectivity index (χ4n) is 5.49. The second-order valence-electron chi connectivity index (χ2n) is 10.1. The van der Waals surface area contributed by atoms with E-state index < -0.39 is 8.32 Å². The standard InChI is InChI=1S/C20H36O4Si/c1-8-9-18-10-11-20(23-14-22-5)15(16(18)21)19(20,12-18)13-24-25(6,7)17(2,3)4/h8,15-16,21H,1,9-14H2,2-7H3/t15?,16?,18-,19-,20+/m1/s1. The van der Waals surface area contributed by atoms with Gasteiger partial charge in [0, 0.05) is 30.5 Å². The van der Waals surface area contributed by atoms with Crippen LogP contribution < -0.4 is 0 Å². The van der Waals surface area contributed by atoms with Crippen LogP contribution in [0.25, 0.3) is 0 Å². The highest BCUT2D eigenvalue weighted by molar-refractivity contribution is 6.74. The van der Waals surface area contributed by atoms with Gasteiger partial charge in [-0.2, -0.15) is 0 Å². The van der Waals surface area contributed by atoms with E-state index in [4.69, 9.17) is 13.9 Å². The molecule has 4 aliphatic carbocycles. The lowest BCUT2D eigenvalue weighted by Crippen LogP contribution is -2.49. The Kier molecular flexibility index (Phi) is 4.61. The molecule has 25 heavy (non-hydrogen) atoms. The molecule has 0 spiro atoms. The molecule has 4 fully saturated rings. The van der Waals surface area contributed by atoms with Crippen molar-refractivity contribution in [3.63, 3.8) is 0 Å². The third-order valence-electron chi connectivity index (χ3n) is 7.94. The molecule has 0 saturated heterocycles. The molecule has 1 N–H and O–H groups in total. The summed E-state index contributed by atoms with van der Waals surface area (Å²) in [5.74, 6) is 0.175. The number of methoxy groups -OCH3 is 1. The van der Waals surface area contributed by atoms with Gasteiger partial charge in [-0.25, -0.2) is 0 Å². The first-order valence-corrected chi connectivity index (χ1v) is 12.5. The third kappa shape index (κ3) is 2.53. The molecule has 0 radical (unpaired) electrons. The summed E-state index contributed by atoms with van der Waals surface area (Å²) in [6.07, 6.45) is 5.51. The van der Waals surface area contributed by atoms with Crippen molar-refractivity contribution < 1.29 is 19.0 Å². The molecule has 5 atom stereocenters. The molecule has 0 aromatic carbocycles. The minimum absolute atomic E-state index is 0.0264. The smallest absolute Gasteiger partial charge is 0.192 e. The molecule has 5 heteroatoms. The zero-order valence-electron chi connectivity index (χ0n) is 16.9. The minimum Gasteiger partial charge on any atom is -0.416 e. The van der Waals surface area contributed by atoms with Gasteiger partial charge in [0.25, 0.3) is 0 Å². The predicted molar refractivity (Wildman–Crippen MR) is 102 cm³/mol. The highest BCUT2D eigenvalue weighted by Crippen LogP contribution is 2.83. The van der Waals surface area contributed by atoms with Crippen molar-refractivity contribution in [2.24, 2.45) is 16.7 Å². The van der Waals surface area contributed by atoms with E-state index in [1.54, 1.807) is 7.11 Å². The summed E-state index contributed by atoms with van der Waals surface area (Å²) in [7, 11) is -0.176. The van der Waals surface area contributed by atoms with Crippen LogP contribution in [0.2, 0.25) is 18.1 Å². The van der Waals surface area contributed by atoms with Crippen LogP contribution in [0.4, 0.5) is 0 Å². The van der Waals surface area contributed by atoms with Crippen LogP contribution in [0.15, 0.2) is 12.7 Å². The summed E-state index contributed by atoms with van der Waals surface area (Å²) >= 11 is 0. The maximum absolute atomic E-state index is 11.1. The summed E-state index contributed by atoms with van der Waals surface area (Å²) in [6.45, 7) is 16.3. The van der Waals surface area contributed by atoms with E-state index in [0.29, 0.717) is 13.4 Å². The molecule has 4 nitrogen and oxygen atoms in total. The Bertz CT molecular complexity index is 542. The van der Waals surface area contributed by atoms with E-state index in [1.165, 1.54) is 0 Å². The van der Waals surface area contributed by atoms with E-state index in [9.17, 15) is 5.11 Å². The normalized spacial score (nSPS) is 42.5. The van der Waals surface area contributed by atoms with Gasteiger partial charge in [0.2, 0.25) is 0 Å². The number of aliphatic hydroxyl groups is 1. The molecule has 2 unspecified atom stereocenters. The molecule has 0 aromatic rings. The first-order valence-electron chi connectivity index (χ1n) is 9.58. The first kappa shape index (κ1) is 19.6. The first-order chi connectivity index (χ1) is 11.5. The number of hydrogen-bond donors (Lipinski definition) is 1. The molecule has 0 amide bonds. The van der Waals surface area contributed by atoms with Gasteiger partial charge < -0.3 is 19.0 Å². The van der Waals surface area contributed by atoms with Crippen molar-refractivity contribution in [1.29, 1.82) is 0 Å². The SMILES string of the molecule is C=CC[C@]12CC[C@]3(OCOC)C(C1O)[C@]3(CO[Si](C)(C)C(C)(C)C)C2. The highest BCUT2D eigenvalue weighted by Gasteiger charge is 2.88. The zero-order valence-corrected chi connectivity index (χ0v) is 17.9. The van der Waals surface area contributed by atoms with Gasteiger partial charge >= 0.3 is 0 Å². The number of fused-ring (bicyclic) bond motifs is 1. The summed E-state index contributed by atoms with van der Waals surface area (Å²) in [6, 6.07) is 0. The largest absolute Gasteiger partial charge is 0.416 e. The Morgan fingerprint density at radius 2 is 1.96 bits per heavy atom. The van der Waals surface area contributed by atoms with Crippen LogP contribution in [0.5, 0.6) is 0 Å². The molecule has 144 valence electrons. The Labute approximate surface area is 154 Å². The van der Waals surface area contributed by atoms with Gasteiger partial charge in [-0.1, -0.05) is 26.8 Å². The van der Waals surface area contributed by atoms with E-state index in [1.807, 2.05) is 6.08 Å². The van der Waals surface area contributed by atoms with Crippen LogP contribution in [-0.2, 0) is 13.9 Å². The molecule has 4 saturated carbocycles. The monoisotopic (exact) mass is 368 g/mol. The Morgan fingerprint density at radius 1 is 1.28 bits per heavy atom. The summed E-state index contributed by atoms with van der Waals surface area (Å²) < 4.78 is 18.1. The van der Waals surface area contributed by atoms with E-state index >= 15 is 0 Å². The van der Waals surface area contributed by atoms with Crippen LogP contribution in [0.3, 0.4) is 0 Å². The van der Waals surface area contributed by atoms with E-state index in [2.05, 4.69) is 40.4 Å². The molecule has 4 rings (SSSR count). The molecule has 0 aliphatic heterocycles. The van der Waals surface area contributed by atoms with Crippen LogP contribution in [-0.4, -0.2) is 45.6 Å². The molecular formula is C20H36O4Si. The van der Waals surface area contributed by atoms with Crippen LogP contribution >= 0.6 is 0 Å². The van der Waals surface area contributed by atoms with Crippen molar-refractivity contribution >= 4 is 8.32 Å². The van der Waals surface area contributed by atoms with E-state index in [-0.39, 0.29) is 33.5 Å². The molecule has 4 bridgehead atoms. The van der Waals surface area contributed by atoms with Crippen molar-refractivity contribution in [2.45, 2.75) is 76.3 Å². The summed E-state index contributed by atoms with van der Waals surface area (Å²) in [5, 5.41) is 11.3. The second-order valence-corrected chi connectivity index (χ2v) is 14.9. The fourth-order valence-corrected chi connectivity index (χ4v) is 6.54. The van der Waals surface area contributed by atoms with Gasteiger partial charge in [-0.15, -0.1) is 6.58 Å². The minimum atomic E-state index is -1.84. The molecular weight excluding hydrogens is 332 g/mol. The van der Waals surface area contributed by atoms with Crippen molar-refractivity contribution in [2.75, 3.05) is 20.5 Å². The van der Waals surface area contributed by atoms with Gasteiger partial charge in [-0.3, -0.25) is 0 Å². The third-order valence-corrected chi connectivity index (χ3v) is 12.4. The second kappa shape index (κ2) is 5.90. The Morgan fingerprint density at radius 3 is 2.52 bits per heavy atom. The van der Waals surface area contributed by atoms with Crippen molar-refractivity contribution in [1.82, 2.24) is 0 Å². The average molecular weight is 369 g/mol. The Hall–Kier alpha value is -0.203. The lowest BCUT2D eigenvalue weighted by molar-refractivity contribution is -0.162. The van der Waals surface area contributed by atoms with Gasteiger partial charge in [0.1, 0.15) is 6.79 Å². The fraction of sp³-hybridized carbons (Fsp3) is 0.900. The average Bonchev–Trinajstić information content (AvgIpc) is 3.03. The number of aliphatic hydroxyl groups excluding tert-OH is 1. The van der Waals surface area contributed by atoms with E-state index in [0.717, 1.165) is 25.7 Å². The lowest BCUT2D eigenvalue weighted by Gasteiger charge is -2.47. The number of ether oxygens (including phenoxy) is 2. The molecule has 0 heterocycles. The summed E-state index contributed by atoms with van der Waals surface area (Å²) in [4.78, 5) is 0. The zero-order chi connectivity index (χ0) is 18.7. The number of hydrogen-bond acceptors (Lipinski definition) is 4. The highest BCUT2D eigenvalue weighted by atomic mass is 28.4. The van der Waals surface area contributed by atoms with Gasteiger partial charge in [0.15, 0.2) is 8.32 Å². The number of allylic oxidation sites excluding steroid dienone is 1. The maximum Gasteiger partial charge on any atom is 0.192 e. The number of rotatable bonds is 8. The predicted octanol–water partition coefficient (Wildman–Crippen LogP) is 4.10. The topological polar surface area (TPSA) is 47.9 Å². The van der Waals surface area contributed by atoms with Crippen LogP contribution in [0, 0.1) is 16.7 Å². The maximum atomic E-state index is 11.1. The molecule has 4 aliphatic rings. The Balaban J connectivity index is 1.84. The van der Waals surface area contributed by atoms with Gasteiger partial charge in [-0.05, 0) is 43.8 Å². The van der Waals surface area contributed by atoms with Gasteiger partial charge in [0.05, 0.1) is 11.7 Å². The molecule has 0 aromatic heterocycles.